The summed E-state index contributed by atoms with van der Waals surface area (Å²) in [6.45, 7) is 13.2. The van der Waals surface area contributed by atoms with Crippen molar-refractivity contribution in [1.29, 1.82) is 0 Å². The van der Waals surface area contributed by atoms with E-state index >= 15 is 0 Å². The van der Waals surface area contributed by atoms with Crippen molar-refractivity contribution in [3.8, 4) is 0 Å². The Labute approximate surface area is 233 Å². The van der Waals surface area contributed by atoms with Gasteiger partial charge in [-0.3, -0.25) is 4.79 Å². The van der Waals surface area contributed by atoms with Gasteiger partial charge in [-0.25, -0.2) is 13.8 Å². The Balaban J connectivity index is 0.000000380. The normalized spacial score (nSPS) is 13.5. The van der Waals surface area contributed by atoms with Crippen molar-refractivity contribution in [2.24, 2.45) is 0 Å². The van der Waals surface area contributed by atoms with Gasteiger partial charge in [0.05, 0.1) is 36.1 Å². The number of halogens is 5. The lowest BCUT2D eigenvalue weighted by atomic mass is 10.0. The van der Waals surface area contributed by atoms with E-state index in [0.29, 0.717) is 25.1 Å². The second kappa shape index (κ2) is 16.6. The second-order valence-corrected chi connectivity index (χ2v) is 9.46. The maximum Gasteiger partial charge on any atom is 0.416 e. The van der Waals surface area contributed by atoms with Crippen LogP contribution in [-0.4, -0.2) is 33.7 Å². The molecule has 5 nitrogen and oxygen atoms in total. The molecule has 0 bridgehead atoms. The molecule has 1 aromatic heterocycles. The number of nitrogens with one attached hydrogen (secondary N) is 1. The van der Waals surface area contributed by atoms with Crippen LogP contribution in [0.5, 0.6) is 0 Å². The van der Waals surface area contributed by atoms with Crippen LogP contribution in [0.15, 0.2) is 53.8 Å². The molecule has 0 radical (unpaired) electrons. The van der Waals surface area contributed by atoms with Crippen molar-refractivity contribution < 1.29 is 31.5 Å². The molecule has 40 heavy (non-hydrogen) atoms. The van der Waals surface area contributed by atoms with Crippen molar-refractivity contribution in [2.45, 2.75) is 86.9 Å². The Morgan fingerprint density at radius 1 is 1.18 bits per heavy atom. The average Bonchev–Trinajstić information content (AvgIpc) is 3.37. The number of ether oxygens (including phenoxy) is 1. The van der Waals surface area contributed by atoms with Crippen LogP contribution in [0.25, 0.3) is 6.08 Å². The first-order valence-corrected chi connectivity index (χ1v) is 13.2. The van der Waals surface area contributed by atoms with Gasteiger partial charge in [-0.1, -0.05) is 51.0 Å². The molecule has 1 aliphatic rings. The maximum atomic E-state index is 13.0. The summed E-state index contributed by atoms with van der Waals surface area (Å²) in [7, 11) is 0. The fourth-order valence-electron chi connectivity index (χ4n) is 3.43. The number of imidazole rings is 1. The SMILES string of the molecule is C/C=C\c1c(C)cccc1C(F)(F)F.CC(C)=CO/C(C(=O)N1CCc2nc[nH]c2C1)=C(\C)C(F)F.CCCC. The average molecular weight is 570 g/mol. The highest BCUT2D eigenvalue weighted by molar-refractivity contribution is 5.92. The minimum atomic E-state index is -4.28. The number of carbonyl (C=O) groups excluding carboxylic acids is 1. The van der Waals surface area contributed by atoms with Gasteiger partial charge < -0.3 is 14.6 Å². The van der Waals surface area contributed by atoms with Crippen LogP contribution >= 0.6 is 0 Å². The van der Waals surface area contributed by atoms with Crippen LogP contribution < -0.4 is 0 Å². The van der Waals surface area contributed by atoms with E-state index in [0.717, 1.165) is 23.0 Å². The van der Waals surface area contributed by atoms with Gasteiger partial charge in [0.1, 0.15) is 0 Å². The Hall–Kier alpha value is -3.43. The third kappa shape index (κ3) is 10.6. The van der Waals surface area contributed by atoms with E-state index in [1.807, 2.05) is 0 Å². The summed E-state index contributed by atoms with van der Waals surface area (Å²) in [4.78, 5) is 21.1. The number of alkyl halides is 5. The number of fused-ring (bicyclic) bond motifs is 1. The molecule has 0 saturated heterocycles. The smallest absolute Gasteiger partial charge is 0.416 e. The lowest BCUT2D eigenvalue weighted by Crippen LogP contribution is -2.37. The molecule has 1 aliphatic heterocycles. The van der Waals surface area contributed by atoms with Crippen molar-refractivity contribution in [2.75, 3.05) is 6.54 Å². The van der Waals surface area contributed by atoms with Crippen molar-refractivity contribution in [3.63, 3.8) is 0 Å². The van der Waals surface area contributed by atoms with Gasteiger partial charge >= 0.3 is 6.18 Å². The fourth-order valence-corrected chi connectivity index (χ4v) is 3.43. The summed E-state index contributed by atoms with van der Waals surface area (Å²) >= 11 is 0. The molecule has 10 heteroatoms. The number of H-pyrrole nitrogens is 1. The molecule has 1 aromatic carbocycles. The summed E-state index contributed by atoms with van der Waals surface area (Å²) in [5.41, 5.74) is 2.47. The van der Waals surface area contributed by atoms with Gasteiger partial charge in [0.2, 0.25) is 0 Å². The molecule has 0 aliphatic carbocycles. The van der Waals surface area contributed by atoms with Crippen molar-refractivity contribution >= 4 is 12.0 Å². The number of rotatable bonds is 6. The lowest BCUT2D eigenvalue weighted by Gasteiger charge is -2.27. The van der Waals surface area contributed by atoms with E-state index in [-0.39, 0.29) is 16.9 Å². The molecular weight excluding hydrogens is 529 g/mol. The van der Waals surface area contributed by atoms with Gasteiger partial charge in [0, 0.05) is 18.5 Å². The molecule has 3 rings (SSSR count). The van der Waals surface area contributed by atoms with Crippen LogP contribution in [0.2, 0.25) is 0 Å². The first kappa shape index (κ1) is 34.6. The third-order valence-corrected chi connectivity index (χ3v) is 5.82. The van der Waals surface area contributed by atoms with Crippen molar-refractivity contribution in [1.82, 2.24) is 14.9 Å². The number of aromatic amines is 1. The monoisotopic (exact) mass is 569 g/mol. The van der Waals surface area contributed by atoms with Crippen LogP contribution in [0, 0.1) is 6.92 Å². The quantitative estimate of drug-likeness (QED) is 0.215. The van der Waals surface area contributed by atoms with E-state index in [2.05, 4.69) is 23.8 Å². The highest BCUT2D eigenvalue weighted by atomic mass is 19.4. The Morgan fingerprint density at radius 3 is 2.35 bits per heavy atom. The number of hydrogen-bond acceptors (Lipinski definition) is 3. The van der Waals surface area contributed by atoms with Crippen LogP contribution in [0.1, 0.15) is 82.5 Å². The first-order valence-electron chi connectivity index (χ1n) is 13.2. The minimum absolute atomic E-state index is 0.252. The molecule has 0 atom stereocenters. The zero-order valence-electron chi connectivity index (χ0n) is 24.3. The number of aryl methyl sites for hydroxylation is 1. The van der Waals surface area contributed by atoms with Crippen LogP contribution in [0.3, 0.4) is 0 Å². The summed E-state index contributed by atoms with van der Waals surface area (Å²) in [6.07, 6.45) is 2.19. The molecule has 0 saturated carbocycles. The van der Waals surface area contributed by atoms with Gasteiger partial charge in [0.25, 0.3) is 12.3 Å². The third-order valence-electron chi connectivity index (χ3n) is 5.82. The molecule has 0 fully saturated rings. The highest BCUT2D eigenvalue weighted by Gasteiger charge is 2.33. The number of unbranched alkanes of at least 4 members (excludes halogenated alkanes) is 1. The standard InChI is InChI=1S/C15H19F2N3O2.C11H11F3.C4H10/c1-9(2)7-22-13(10(3)14(16)17)15(21)20-5-4-11-12(6-20)19-8-18-11;1-3-5-9-8(2)6-4-7-10(9)11(12,13)14;1-3-4-2/h7-8,14H,4-6H2,1-3H3,(H,18,19);3-7H,1-2H3;3-4H2,1-2H3/b13-10+;5-3-;. The molecule has 0 spiro atoms. The number of carbonyl (C=O) groups is 1. The number of allylic oxidation sites excluding steroid dienone is 3. The zero-order valence-corrected chi connectivity index (χ0v) is 24.3. The van der Waals surface area contributed by atoms with Crippen LogP contribution in [0.4, 0.5) is 22.0 Å². The van der Waals surface area contributed by atoms with Gasteiger partial charge in [-0.05, 0) is 57.4 Å². The minimum Gasteiger partial charge on any atom is -0.459 e. The first-order chi connectivity index (χ1) is 18.8. The highest BCUT2D eigenvalue weighted by Crippen LogP contribution is 2.33. The topological polar surface area (TPSA) is 58.2 Å². The number of benzene rings is 1. The maximum absolute atomic E-state index is 13.0. The largest absolute Gasteiger partial charge is 0.459 e. The molecule has 0 unspecified atom stereocenters. The number of aromatic nitrogens is 2. The zero-order chi connectivity index (χ0) is 30.5. The number of amides is 1. The van der Waals surface area contributed by atoms with E-state index < -0.39 is 24.1 Å². The molecular formula is C30H40F5N3O2. The Bertz CT molecular complexity index is 1170. The summed E-state index contributed by atoms with van der Waals surface area (Å²) in [6, 6.07) is 4.19. The van der Waals surface area contributed by atoms with Crippen LogP contribution in [-0.2, 0) is 28.7 Å². The van der Waals surface area contributed by atoms with Gasteiger partial charge in [0.15, 0.2) is 5.76 Å². The molecule has 222 valence electrons. The second-order valence-electron chi connectivity index (χ2n) is 9.46. The molecule has 1 amide bonds. The molecule has 1 N–H and O–H groups in total. The van der Waals surface area contributed by atoms with E-state index in [4.69, 9.17) is 4.74 Å². The number of nitrogens with zero attached hydrogens (tertiary/aromatic N) is 2. The van der Waals surface area contributed by atoms with Crippen molar-refractivity contribution in [3.05, 3.63) is 81.8 Å². The molecule has 2 heterocycles. The Kier molecular flexibility index (Phi) is 14.4. The summed E-state index contributed by atoms with van der Waals surface area (Å²) < 4.78 is 68.7. The van der Waals surface area contributed by atoms with E-state index in [1.165, 1.54) is 43.1 Å². The van der Waals surface area contributed by atoms with Gasteiger partial charge in [-0.2, -0.15) is 13.2 Å². The predicted molar refractivity (Wildman–Crippen MR) is 148 cm³/mol. The number of hydrogen-bond donors (Lipinski definition) is 1. The Morgan fingerprint density at radius 2 is 1.82 bits per heavy atom. The molecule has 2 aromatic rings. The summed E-state index contributed by atoms with van der Waals surface area (Å²) in [5.74, 6) is -0.838. The fraction of sp³-hybridized carbons (Fsp3) is 0.467. The van der Waals surface area contributed by atoms with E-state index in [9.17, 15) is 26.7 Å². The summed E-state index contributed by atoms with van der Waals surface area (Å²) in [5, 5.41) is 0. The van der Waals surface area contributed by atoms with Gasteiger partial charge in [-0.15, -0.1) is 0 Å². The lowest BCUT2D eigenvalue weighted by molar-refractivity contribution is -0.137. The van der Waals surface area contributed by atoms with E-state index in [1.54, 1.807) is 46.2 Å². The predicted octanol–water partition coefficient (Wildman–Crippen LogP) is 8.63.